The molecule has 1 saturated heterocycles. The molecule has 0 spiro atoms. The van der Waals surface area contributed by atoms with E-state index in [1.54, 1.807) is 42.5 Å². The first-order valence-electron chi connectivity index (χ1n) is 9.89. The summed E-state index contributed by atoms with van der Waals surface area (Å²) in [5, 5.41) is 6.69. The zero-order valence-corrected chi connectivity index (χ0v) is 21.3. The van der Waals surface area contributed by atoms with Crippen LogP contribution in [0.2, 0.25) is 10.0 Å². The quantitative estimate of drug-likeness (QED) is 0.321. The number of benzene rings is 3. The molecule has 3 aromatic carbocycles. The van der Waals surface area contributed by atoms with Crippen LogP contribution in [0.25, 0.3) is 6.08 Å². The molecule has 1 heterocycles. The molecular weight excluding hydrogens is 561 g/mol. The van der Waals surface area contributed by atoms with E-state index in [2.05, 4.69) is 31.6 Å². The molecule has 0 radical (unpaired) electrons. The van der Waals surface area contributed by atoms with Crippen molar-refractivity contribution in [2.24, 2.45) is 4.99 Å². The highest BCUT2D eigenvalue weighted by molar-refractivity contribution is 9.10. The molecule has 0 aromatic heterocycles. The van der Waals surface area contributed by atoms with Gasteiger partial charge in [0, 0.05) is 15.7 Å². The summed E-state index contributed by atoms with van der Waals surface area (Å²) >= 11 is 16.6. The van der Waals surface area contributed by atoms with Crippen LogP contribution in [-0.4, -0.2) is 23.6 Å². The molecule has 2 N–H and O–H groups in total. The van der Waals surface area contributed by atoms with Crippen molar-refractivity contribution in [2.75, 3.05) is 11.9 Å². The summed E-state index contributed by atoms with van der Waals surface area (Å²) in [5.41, 5.74) is 1.88. The summed E-state index contributed by atoms with van der Waals surface area (Å²) in [6.07, 6.45) is 1.70. The van der Waals surface area contributed by atoms with E-state index in [0.29, 0.717) is 37.1 Å². The van der Waals surface area contributed by atoms with Crippen LogP contribution in [0.1, 0.15) is 5.56 Å². The zero-order chi connectivity index (χ0) is 24.1. The molecule has 1 aliphatic heterocycles. The number of hydrogen-bond donors (Lipinski definition) is 2. The number of aliphatic imine (C=N–C) groups is 1. The normalized spacial score (nSPS) is 15.4. The van der Waals surface area contributed by atoms with Crippen LogP contribution in [0.3, 0.4) is 0 Å². The van der Waals surface area contributed by atoms with Crippen LogP contribution < -0.4 is 15.4 Å². The van der Waals surface area contributed by atoms with Crippen LogP contribution in [-0.2, 0) is 9.59 Å². The first kappa shape index (κ1) is 24.3. The maximum absolute atomic E-state index is 12.5. The average Bonchev–Trinajstić information content (AvgIpc) is 3.15. The van der Waals surface area contributed by atoms with Crippen molar-refractivity contribution < 1.29 is 14.3 Å². The Labute approximate surface area is 218 Å². The van der Waals surface area contributed by atoms with Gasteiger partial charge in [0.05, 0.1) is 20.6 Å². The molecule has 1 fully saturated rings. The van der Waals surface area contributed by atoms with Crippen molar-refractivity contribution in [3.05, 3.63) is 91.7 Å². The maximum Gasteiger partial charge on any atom is 0.264 e. The standard InChI is InChI=1S/C24H16BrCl2N3O3S/c25-15-6-9-20(33-13-22(31)28-17-7-8-18(26)19(27)12-17)14(10-15)11-21-23(32)30-24(34-21)29-16-4-2-1-3-5-16/h1-12H,13H2,(H,28,31)(H,29,30,32)/b21-11+. The highest BCUT2D eigenvalue weighted by Gasteiger charge is 2.24. The van der Waals surface area contributed by atoms with Gasteiger partial charge in [-0.1, -0.05) is 57.3 Å². The molecule has 2 amide bonds. The molecule has 0 atom stereocenters. The molecule has 10 heteroatoms. The number of halogens is 3. The van der Waals surface area contributed by atoms with E-state index in [-0.39, 0.29) is 18.4 Å². The molecular formula is C24H16BrCl2N3O3S. The zero-order valence-electron chi connectivity index (χ0n) is 17.3. The molecule has 3 aromatic rings. The van der Waals surface area contributed by atoms with E-state index in [0.717, 1.165) is 10.2 Å². The van der Waals surface area contributed by atoms with Gasteiger partial charge in [-0.3, -0.25) is 9.59 Å². The Morgan fingerprint density at radius 1 is 1.09 bits per heavy atom. The van der Waals surface area contributed by atoms with Gasteiger partial charge in [-0.25, -0.2) is 4.99 Å². The Kier molecular flexibility index (Phi) is 7.95. The fourth-order valence-corrected chi connectivity index (χ4v) is 4.43. The minimum Gasteiger partial charge on any atom is -0.483 e. The Balaban J connectivity index is 1.47. The van der Waals surface area contributed by atoms with E-state index < -0.39 is 0 Å². The second-order valence-corrected chi connectivity index (χ2v) is 9.73. The monoisotopic (exact) mass is 575 g/mol. The van der Waals surface area contributed by atoms with E-state index in [4.69, 9.17) is 27.9 Å². The minimum atomic E-state index is -0.370. The number of nitrogens with one attached hydrogen (secondary N) is 2. The van der Waals surface area contributed by atoms with Gasteiger partial charge < -0.3 is 15.4 Å². The lowest BCUT2D eigenvalue weighted by atomic mass is 10.2. The maximum atomic E-state index is 12.5. The van der Waals surface area contributed by atoms with Gasteiger partial charge in [0.15, 0.2) is 11.8 Å². The van der Waals surface area contributed by atoms with Gasteiger partial charge in [0.2, 0.25) is 0 Å². The predicted molar refractivity (Wildman–Crippen MR) is 142 cm³/mol. The molecule has 0 unspecified atom stereocenters. The summed E-state index contributed by atoms with van der Waals surface area (Å²) in [4.78, 5) is 29.7. The smallest absolute Gasteiger partial charge is 0.264 e. The van der Waals surface area contributed by atoms with Crippen LogP contribution in [0.15, 0.2) is 81.1 Å². The lowest BCUT2D eigenvalue weighted by Crippen LogP contribution is -2.20. The molecule has 6 nitrogen and oxygen atoms in total. The lowest BCUT2D eigenvalue weighted by Gasteiger charge is -2.11. The Bertz CT molecular complexity index is 1320. The fourth-order valence-electron chi connectivity index (χ4n) is 2.92. The summed E-state index contributed by atoms with van der Waals surface area (Å²) in [6.45, 7) is -0.238. The van der Waals surface area contributed by atoms with Crippen molar-refractivity contribution in [3.8, 4) is 5.75 Å². The highest BCUT2D eigenvalue weighted by Crippen LogP contribution is 2.32. The number of thioether (sulfide) groups is 1. The number of rotatable bonds is 6. The van der Waals surface area contributed by atoms with E-state index >= 15 is 0 Å². The number of amides is 2. The summed E-state index contributed by atoms with van der Waals surface area (Å²) in [6, 6.07) is 19.5. The number of ether oxygens (including phenoxy) is 1. The Morgan fingerprint density at radius 2 is 1.88 bits per heavy atom. The number of para-hydroxylation sites is 1. The number of carbonyl (C=O) groups is 2. The number of carbonyl (C=O) groups excluding carboxylic acids is 2. The molecule has 34 heavy (non-hydrogen) atoms. The molecule has 0 bridgehead atoms. The van der Waals surface area contributed by atoms with E-state index in [1.807, 2.05) is 30.3 Å². The SMILES string of the molecule is O=C(COc1ccc(Br)cc1/C=C1/SC(=Nc2ccccc2)NC1=O)Nc1ccc(Cl)c(Cl)c1. The largest absolute Gasteiger partial charge is 0.483 e. The first-order chi connectivity index (χ1) is 16.4. The third-order valence-corrected chi connectivity index (χ3v) is 6.60. The third kappa shape index (κ3) is 6.42. The number of anilines is 1. The van der Waals surface area contributed by atoms with Crippen LogP contribution in [0.5, 0.6) is 5.75 Å². The lowest BCUT2D eigenvalue weighted by molar-refractivity contribution is -0.118. The van der Waals surface area contributed by atoms with Gasteiger partial charge in [-0.05, 0) is 66.4 Å². The topological polar surface area (TPSA) is 79.8 Å². The van der Waals surface area contributed by atoms with E-state index in [1.165, 1.54) is 11.8 Å². The van der Waals surface area contributed by atoms with Crippen molar-refractivity contribution in [1.29, 1.82) is 0 Å². The van der Waals surface area contributed by atoms with Crippen LogP contribution >= 0.6 is 50.9 Å². The molecule has 4 rings (SSSR count). The summed E-state index contributed by atoms with van der Waals surface area (Å²) in [5.74, 6) is -0.185. The molecule has 172 valence electrons. The Hall–Kier alpha value is -2.78. The van der Waals surface area contributed by atoms with E-state index in [9.17, 15) is 9.59 Å². The van der Waals surface area contributed by atoms with Gasteiger partial charge in [-0.15, -0.1) is 0 Å². The molecule has 0 aliphatic carbocycles. The first-order valence-corrected chi connectivity index (χ1v) is 12.3. The minimum absolute atomic E-state index is 0.238. The summed E-state index contributed by atoms with van der Waals surface area (Å²) < 4.78 is 6.54. The van der Waals surface area contributed by atoms with Gasteiger partial charge >= 0.3 is 0 Å². The number of nitrogens with zero attached hydrogens (tertiary/aromatic N) is 1. The fraction of sp³-hybridized carbons (Fsp3) is 0.0417. The summed E-state index contributed by atoms with van der Waals surface area (Å²) in [7, 11) is 0. The van der Waals surface area contributed by atoms with Gasteiger partial charge in [-0.2, -0.15) is 0 Å². The van der Waals surface area contributed by atoms with Crippen LogP contribution in [0.4, 0.5) is 11.4 Å². The van der Waals surface area contributed by atoms with Crippen molar-refractivity contribution in [2.45, 2.75) is 0 Å². The highest BCUT2D eigenvalue weighted by atomic mass is 79.9. The predicted octanol–water partition coefficient (Wildman–Crippen LogP) is 6.67. The Morgan fingerprint density at radius 3 is 2.65 bits per heavy atom. The average molecular weight is 577 g/mol. The second kappa shape index (κ2) is 11.1. The number of hydrogen-bond acceptors (Lipinski definition) is 5. The second-order valence-electron chi connectivity index (χ2n) is 6.97. The third-order valence-electron chi connectivity index (χ3n) is 4.46. The van der Waals surface area contributed by atoms with Crippen molar-refractivity contribution >= 4 is 85.3 Å². The number of amidine groups is 1. The van der Waals surface area contributed by atoms with Crippen LogP contribution in [0, 0.1) is 0 Å². The molecule has 1 aliphatic rings. The van der Waals surface area contributed by atoms with Crippen molar-refractivity contribution in [1.82, 2.24) is 5.32 Å². The van der Waals surface area contributed by atoms with Gasteiger partial charge in [0.1, 0.15) is 5.75 Å². The van der Waals surface area contributed by atoms with Gasteiger partial charge in [0.25, 0.3) is 11.8 Å². The van der Waals surface area contributed by atoms with Crippen molar-refractivity contribution in [3.63, 3.8) is 0 Å². The molecule has 0 saturated carbocycles.